The summed E-state index contributed by atoms with van der Waals surface area (Å²) in [4.78, 5) is 12.2. The Morgan fingerprint density at radius 1 is 1.24 bits per heavy atom. The molecular formula is C18H28N2O. The zero-order valence-electron chi connectivity index (χ0n) is 13.2. The molecule has 0 aliphatic heterocycles. The SMILES string of the molecule is CC1CCC(NC(=O)[C@@H](N)CCc2ccccc2)CC1C. The Hall–Kier alpha value is -1.35. The molecule has 3 N–H and O–H groups in total. The van der Waals surface area contributed by atoms with Crippen LogP contribution in [0, 0.1) is 11.8 Å². The molecule has 0 aromatic heterocycles. The van der Waals surface area contributed by atoms with Crippen molar-refractivity contribution >= 4 is 5.91 Å². The highest BCUT2D eigenvalue weighted by Crippen LogP contribution is 2.29. The molecule has 3 unspecified atom stereocenters. The molecule has 3 nitrogen and oxygen atoms in total. The van der Waals surface area contributed by atoms with Crippen LogP contribution in [0.1, 0.15) is 45.1 Å². The molecule has 2 rings (SSSR count). The Morgan fingerprint density at radius 2 is 1.95 bits per heavy atom. The van der Waals surface area contributed by atoms with Gasteiger partial charge in [-0.1, -0.05) is 44.2 Å². The molecule has 1 amide bonds. The molecule has 0 radical (unpaired) electrons. The topological polar surface area (TPSA) is 55.1 Å². The Morgan fingerprint density at radius 3 is 2.62 bits per heavy atom. The van der Waals surface area contributed by atoms with E-state index in [0.29, 0.717) is 18.4 Å². The molecule has 1 saturated carbocycles. The van der Waals surface area contributed by atoms with E-state index in [1.165, 1.54) is 12.0 Å². The average molecular weight is 288 g/mol. The number of hydrogen-bond acceptors (Lipinski definition) is 2. The van der Waals surface area contributed by atoms with Gasteiger partial charge in [0.2, 0.25) is 5.91 Å². The number of carbonyl (C=O) groups excluding carboxylic acids is 1. The standard InChI is InChI=1S/C18H28N2O/c1-13-8-10-16(12-14(13)2)20-18(21)17(19)11-9-15-6-4-3-5-7-15/h3-7,13-14,16-17H,8-12,19H2,1-2H3,(H,20,21)/t13?,14?,16?,17-/m0/s1. The van der Waals surface area contributed by atoms with Crippen LogP contribution in [-0.2, 0) is 11.2 Å². The van der Waals surface area contributed by atoms with Crippen molar-refractivity contribution in [1.29, 1.82) is 0 Å². The van der Waals surface area contributed by atoms with Crippen LogP contribution in [0.4, 0.5) is 0 Å². The number of benzene rings is 1. The van der Waals surface area contributed by atoms with Crippen LogP contribution in [0.3, 0.4) is 0 Å². The second-order valence-electron chi connectivity index (χ2n) is 6.60. The lowest BCUT2D eigenvalue weighted by atomic mass is 9.79. The monoisotopic (exact) mass is 288 g/mol. The second kappa shape index (κ2) is 7.60. The van der Waals surface area contributed by atoms with E-state index in [1.54, 1.807) is 0 Å². The van der Waals surface area contributed by atoms with Crippen molar-refractivity contribution in [3.63, 3.8) is 0 Å². The van der Waals surface area contributed by atoms with Crippen LogP contribution in [-0.4, -0.2) is 18.0 Å². The van der Waals surface area contributed by atoms with Gasteiger partial charge in [-0.05, 0) is 49.5 Å². The van der Waals surface area contributed by atoms with E-state index in [2.05, 4.69) is 31.3 Å². The molecule has 21 heavy (non-hydrogen) atoms. The fraction of sp³-hybridized carbons (Fsp3) is 0.611. The zero-order chi connectivity index (χ0) is 15.2. The highest BCUT2D eigenvalue weighted by Gasteiger charge is 2.26. The molecule has 1 aliphatic carbocycles. The number of hydrogen-bond donors (Lipinski definition) is 2. The van der Waals surface area contributed by atoms with E-state index in [-0.39, 0.29) is 5.91 Å². The normalized spacial score (nSPS) is 27.1. The van der Waals surface area contributed by atoms with Gasteiger partial charge in [-0.25, -0.2) is 0 Å². The van der Waals surface area contributed by atoms with Crippen molar-refractivity contribution in [2.75, 3.05) is 0 Å². The van der Waals surface area contributed by atoms with Crippen molar-refractivity contribution in [1.82, 2.24) is 5.32 Å². The van der Waals surface area contributed by atoms with E-state index >= 15 is 0 Å². The number of rotatable bonds is 5. The van der Waals surface area contributed by atoms with Gasteiger partial charge < -0.3 is 11.1 Å². The molecule has 4 atom stereocenters. The van der Waals surface area contributed by atoms with Gasteiger partial charge in [0.25, 0.3) is 0 Å². The van der Waals surface area contributed by atoms with Crippen molar-refractivity contribution in [2.24, 2.45) is 17.6 Å². The van der Waals surface area contributed by atoms with E-state index in [4.69, 9.17) is 5.73 Å². The predicted octanol–water partition coefficient (Wildman–Crippen LogP) is 2.89. The van der Waals surface area contributed by atoms with Gasteiger partial charge in [0, 0.05) is 6.04 Å². The second-order valence-corrected chi connectivity index (χ2v) is 6.60. The molecule has 0 bridgehead atoms. The van der Waals surface area contributed by atoms with Crippen molar-refractivity contribution < 1.29 is 4.79 Å². The van der Waals surface area contributed by atoms with E-state index < -0.39 is 6.04 Å². The highest BCUT2D eigenvalue weighted by molar-refractivity contribution is 5.81. The van der Waals surface area contributed by atoms with Crippen LogP contribution in [0.2, 0.25) is 0 Å². The summed E-state index contributed by atoms with van der Waals surface area (Å²) in [6, 6.07) is 10.1. The van der Waals surface area contributed by atoms with Crippen LogP contribution in [0.5, 0.6) is 0 Å². The maximum atomic E-state index is 12.2. The third kappa shape index (κ3) is 4.85. The van der Waals surface area contributed by atoms with Crippen LogP contribution in [0.15, 0.2) is 30.3 Å². The number of carbonyl (C=O) groups is 1. The predicted molar refractivity (Wildman–Crippen MR) is 86.8 cm³/mol. The molecule has 1 aliphatic rings. The summed E-state index contributed by atoms with van der Waals surface area (Å²) >= 11 is 0. The molecule has 0 heterocycles. The lowest BCUT2D eigenvalue weighted by Gasteiger charge is -2.33. The van der Waals surface area contributed by atoms with Gasteiger partial charge in [-0.3, -0.25) is 4.79 Å². The maximum absolute atomic E-state index is 12.2. The van der Waals surface area contributed by atoms with Gasteiger partial charge in [0.15, 0.2) is 0 Å². The largest absolute Gasteiger partial charge is 0.352 e. The first-order chi connectivity index (χ1) is 10.1. The lowest BCUT2D eigenvalue weighted by Crippen LogP contribution is -2.47. The van der Waals surface area contributed by atoms with Gasteiger partial charge in [0.05, 0.1) is 6.04 Å². The Kier molecular flexibility index (Phi) is 5.80. The summed E-state index contributed by atoms with van der Waals surface area (Å²) in [6.07, 6.45) is 4.92. The minimum Gasteiger partial charge on any atom is -0.352 e. The molecule has 1 aromatic rings. The molecule has 116 valence electrons. The van der Waals surface area contributed by atoms with Crippen molar-refractivity contribution in [3.05, 3.63) is 35.9 Å². The van der Waals surface area contributed by atoms with E-state index in [1.807, 2.05) is 18.2 Å². The molecular weight excluding hydrogens is 260 g/mol. The van der Waals surface area contributed by atoms with Gasteiger partial charge in [-0.15, -0.1) is 0 Å². The summed E-state index contributed by atoms with van der Waals surface area (Å²) in [7, 11) is 0. The Balaban J connectivity index is 1.75. The smallest absolute Gasteiger partial charge is 0.237 e. The Bertz CT molecular complexity index is 446. The van der Waals surface area contributed by atoms with Gasteiger partial charge in [0.1, 0.15) is 0 Å². The van der Waals surface area contributed by atoms with Crippen molar-refractivity contribution in [3.8, 4) is 0 Å². The third-order valence-corrected chi connectivity index (χ3v) is 4.87. The fourth-order valence-electron chi connectivity index (χ4n) is 3.08. The van der Waals surface area contributed by atoms with Crippen LogP contribution >= 0.6 is 0 Å². The number of nitrogens with one attached hydrogen (secondary N) is 1. The van der Waals surface area contributed by atoms with E-state index in [9.17, 15) is 4.79 Å². The fourth-order valence-corrected chi connectivity index (χ4v) is 3.08. The van der Waals surface area contributed by atoms with Crippen LogP contribution in [0.25, 0.3) is 0 Å². The molecule has 0 saturated heterocycles. The van der Waals surface area contributed by atoms with Crippen LogP contribution < -0.4 is 11.1 Å². The summed E-state index contributed by atoms with van der Waals surface area (Å²) in [5, 5.41) is 3.14. The number of aryl methyl sites for hydroxylation is 1. The average Bonchev–Trinajstić information content (AvgIpc) is 2.49. The molecule has 3 heteroatoms. The summed E-state index contributed by atoms with van der Waals surface area (Å²) in [6.45, 7) is 4.58. The number of amides is 1. The van der Waals surface area contributed by atoms with Gasteiger partial charge >= 0.3 is 0 Å². The summed E-state index contributed by atoms with van der Waals surface area (Å²) in [5.41, 5.74) is 7.27. The zero-order valence-corrected chi connectivity index (χ0v) is 13.2. The molecule has 0 spiro atoms. The number of nitrogens with two attached hydrogens (primary N) is 1. The first-order valence-electron chi connectivity index (χ1n) is 8.16. The first kappa shape index (κ1) is 16.0. The Labute approximate surface area is 128 Å². The maximum Gasteiger partial charge on any atom is 0.237 e. The highest BCUT2D eigenvalue weighted by atomic mass is 16.2. The summed E-state index contributed by atoms with van der Waals surface area (Å²) in [5.74, 6) is 1.46. The summed E-state index contributed by atoms with van der Waals surface area (Å²) < 4.78 is 0. The van der Waals surface area contributed by atoms with E-state index in [0.717, 1.165) is 25.2 Å². The lowest BCUT2D eigenvalue weighted by molar-refractivity contribution is -0.123. The minimum atomic E-state index is -0.403. The van der Waals surface area contributed by atoms with Crippen molar-refractivity contribution in [2.45, 2.75) is 58.0 Å². The van der Waals surface area contributed by atoms with Gasteiger partial charge in [-0.2, -0.15) is 0 Å². The quantitative estimate of drug-likeness (QED) is 0.875. The molecule has 1 fully saturated rings. The molecule has 1 aromatic carbocycles. The third-order valence-electron chi connectivity index (χ3n) is 4.87. The minimum absolute atomic E-state index is 0.0117. The first-order valence-corrected chi connectivity index (χ1v) is 8.16.